The third-order valence-electron chi connectivity index (χ3n) is 3.39. The second-order valence-electron chi connectivity index (χ2n) is 4.83. The van der Waals surface area contributed by atoms with Crippen LogP contribution < -0.4 is 10.6 Å². The summed E-state index contributed by atoms with van der Waals surface area (Å²) in [6, 6.07) is 2.37. The number of nitrogens with two attached hydrogens (primary N) is 1. The van der Waals surface area contributed by atoms with Crippen LogP contribution in [0.5, 0.6) is 0 Å². The Morgan fingerprint density at radius 2 is 2.32 bits per heavy atom. The minimum Gasteiger partial charge on any atom is -0.368 e. The highest BCUT2D eigenvalue weighted by atomic mass is 15.3. The van der Waals surface area contributed by atoms with Crippen molar-refractivity contribution in [3.63, 3.8) is 0 Å². The van der Waals surface area contributed by atoms with E-state index in [1.54, 1.807) is 12.7 Å². The van der Waals surface area contributed by atoms with Crippen LogP contribution in [0.2, 0.25) is 0 Å². The van der Waals surface area contributed by atoms with Crippen molar-refractivity contribution in [1.82, 2.24) is 24.7 Å². The number of aromatic nitrogens is 5. The van der Waals surface area contributed by atoms with E-state index in [1.165, 1.54) is 0 Å². The van der Waals surface area contributed by atoms with Crippen LogP contribution in [0.25, 0.3) is 0 Å². The molecule has 19 heavy (non-hydrogen) atoms. The lowest BCUT2D eigenvalue weighted by atomic mass is 10.2. The molecule has 0 spiro atoms. The summed E-state index contributed by atoms with van der Waals surface area (Å²) in [4.78, 5) is 14.7. The van der Waals surface area contributed by atoms with Gasteiger partial charge in [-0.15, -0.1) is 0 Å². The first kappa shape index (κ1) is 11.9. The molecule has 2 aromatic rings. The van der Waals surface area contributed by atoms with Gasteiger partial charge in [0.2, 0.25) is 5.95 Å². The number of hydrogen-bond acceptors (Lipinski definition) is 6. The summed E-state index contributed by atoms with van der Waals surface area (Å²) < 4.78 is 1.86. The van der Waals surface area contributed by atoms with E-state index >= 15 is 0 Å². The molecule has 1 fully saturated rings. The Morgan fingerprint density at radius 1 is 1.42 bits per heavy atom. The van der Waals surface area contributed by atoms with E-state index in [1.807, 2.05) is 17.7 Å². The van der Waals surface area contributed by atoms with Crippen LogP contribution in [0.4, 0.5) is 11.8 Å². The molecule has 2 N–H and O–H groups in total. The molecule has 2 aromatic heterocycles. The fourth-order valence-electron chi connectivity index (χ4n) is 2.59. The Kier molecular flexibility index (Phi) is 3.02. The first-order valence-electron chi connectivity index (χ1n) is 6.42. The number of nitrogen functional groups attached to an aromatic ring is 1. The quantitative estimate of drug-likeness (QED) is 0.870. The van der Waals surface area contributed by atoms with Crippen LogP contribution in [0.15, 0.2) is 18.7 Å². The minimum absolute atomic E-state index is 0.335. The maximum absolute atomic E-state index is 5.73. The highest BCUT2D eigenvalue weighted by molar-refractivity contribution is 5.45. The molecule has 1 aliphatic heterocycles. The van der Waals surface area contributed by atoms with Crippen molar-refractivity contribution in [1.29, 1.82) is 0 Å². The van der Waals surface area contributed by atoms with Crippen molar-refractivity contribution in [2.75, 3.05) is 17.2 Å². The monoisotopic (exact) mass is 259 g/mol. The SMILES string of the molecule is Cc1cc(N2CCCC2Cn2cncn2)nc(N)n1. The highest BCUT2D eigenvalue weighted by Crippen LogP contribution is 2.25. The fraction of sp³-hybridized carbons (Fsp3) is 0.500. The molecule has 0 aromatic carbocycles. The lowest BCUT2D eigenvalue weighted by Gasteiger charge is -2.25. The average molecular weight is 259 g/mol. The third kappa shape index (κ3) is 2.49. The molecule has 7 heteroatoms. The molecule has 0 amide bonds. The smallest absolute Gasteiger partial charge is 0.222 e. The van der Waals surface area contributed by atoms with Gasteiger partial charge in [0.25, 0.3) is 0 Å². The van der Waals surface area contributed by atoms with Gasteiger partial charge in [-0.3, -0.25) is 4.68 Å². The van der Waals surface area contributed by atoms with Crippen LogP contribution in [-0.4, -0.2) is 37.3 Å². The Bertz CT molecular complexity index is 531. The van der Waals surface area contributed by atoms with E-state index in [0.29, 0.717) is 12.0 Å². The molecule has 1 aliphatic rings. The maximum Gasteiger partial charge on any atom is 0.222 e. The predicted octanol–water partition coefficient (Wildman–Crippen LogP) is 0.628. The fourth-order valence-corrected chi connectivity index (χ4v) is 2.59. The second kappa shape index (κ2) is 4.83. The molecule has 0 radical (unpaired) electrons. The van der Waals surface area contributed by atoms with Crippen LogP contribution in [-0.2, 0) is 6.54 Å². The summed E-state index contributed by atoms with van der Waals surface area (Å²) in [5, 5.41) is 4.16. The number of rotatable bonds is 3. The standard InChI is InChI=1S/C12H17N7/c1-9-5-11(17-12(13)16-9)19-4-2-3-10(19)6-18-8-14-7-15-18/h5,7-8,10H,2-4,6H2,1H3,(H2,13,16,17). The number of aryl methyl sites for hydroxylation is 1. The van der Waals surface area contributed by atoms with E-state index < -0.39 is 0 Å². The van der Waals surface area contributed by atoms with E-state index in [4.69, 9.17) is 5.73 Å². The normalized spacial score (nSPS) is 19.0. The van der Waals surface area contributed by atoms with Crippen molar-refractivity contribution < 1.29 is 0 Å². The van der Waals surface area contributed by atoms with Gasteiger partial charge < -0.3 is 10.6 Å². The zero-order chi connectivity index (χ0) is 13.2. The maximum atomic E-state index is 5.73. The summed E-state index contributed by atoms with van der Waals surface area (Å²) in [6.45, 7) is 3.75. The van der Waals surface area contributed by atoms with E-state index in [0.717, 1.165) is 37.4 Å². The van der Waals surface area contributed by atoms with Crippen LogP contribution in [0.1, 0.15) is 18.5 Å². The van der Waals surface area contributed by atoms with Gasteiger partial charge in [0.1, 0.15) is 18.5 Å². The average Bonchev–Trinajstić information content (AvgIpc) is 2.99. The molecule has 1 saturated heterocycles. The second-order valence-corrected chi connectivity index (χ2v) is 4.83. The van der Waals surface area contributed by atoms with Crippen LogP contribution >= 0.6 is 0 Å². The molecule has 3 heterocycles. The topological polar surface area (TPSA) is 85.8 Å². The van der Waals surface area contributed by atoms with Gasteiger partial charge >= 0.3 is 0 Å². The van der Waals surface area contributed by atoms with E-state index in [2.05, 4.69) is 25.0 Å². The zero-order valence-corrected chi connectivity index (χ0v) is 10.9. The molecule has 3 rings (SSSR count). The van der Waals surface area contributed by atoms with Gasteiger partial charge in [-0.05, 0) is 19.8 Å². The molecule has 0 saturated carbocycles. The first-order chi connectivity index (χ1) is 9.22. The molecular weight excluding hydrogens is 242 g/mol. The predicted molar refractivity (Wildman–Crippen MR) is 71.6 cm³/mol. The summed E-state index contributed by atoms with van der Waals surface area (Å²) in [7, 11) is 0. The first-order valence-corrected chi connectivity index (χ1v) is 6.42. The molecule has 7 nitrogen and oxygen atoms in total. The largest absolute Gasteiger partial charge is 0.368 e. The summed E-state index contributed by atoms with van der Waals surface area (Å²) in [6.07, 6.45) is 5.59. The van der Waals surface area contributed by atoms with Gasteiger partial charge in [-0.25, -0.2) is 9.97 Å². The van der Waals surface area contributed by atoms with Gasteiger partial charge in [-0.1, -0.05) is 0 Å². The minimum atomic E-state index is 0.335. The summed E-state index contributed by atoms with van der Waals surface area (Å²) >= 11 is 0. The molecular formula is C12H17N7. The number of nitrogens with zero attached hydrogens (tertiary/aromatic N) is 6. The van der Waals surface area contributed by atoms with E-state index in [9.17, 15) is 0 Å². The number of hydrogen-bond donors (Lipinski definition) is 1. The highest BCUT2D eigenvalue weighted by Gasteiger charge is 2.26. The molecule has 1 unspecified atom stereocenters. The Hall–Kier alpha value is -2.18. The van der Waals surface area contributed by atoms with E-state index in [-0.39, 0.29) is 0 Å². The zero-order valence-electron chi connectivity index (χ0n) is 10.9. The molecule has 0 bridgehead atoms. The van der Waals surface area contributed by atoms with Crippen molar-refractivity contribution >= 4 is 11.8 Å². The molecule has 1 atom stereocenters. The van der Waals surface area contributed by atoms with Crippen molar-refractivity contribution in [2.24, 2.45) is 0 Å². The lowest BCUT2D eigenvalue weighted by Crippen LogP contribution is -2.34. The van der Waals surface area contributed by atoms with Crippen LogP contribution in [0.3, 0.4) is 0 Å². The van der Waals surface area contributed by atoms with Crippen molar-refractivity contribution in [2.45, 2.75) is 32.4 Å². The van der Waals surface area contributed by atoms with Gasteiger partial charge in [0.15, 0.2) is 0 Å². The Labute approximate surface area is 111 Å². The van der Waals surface area contributed by atoms with Gasteiger partial charge in [0, 0.05) is 18.3 Å². The van der Waals surface area contributed by atoms with Crippen LogP contribution in [0, 0.1) is 6.92 Å². The lowest BCUT2D eigenvalue weighted by molar-refractivity contribution is 0.506. The summed E-state index contributed by atoms with van der Waals surface area (Å²) in [5.41, 5.74) is 6.63. The third-order valence-corrected chi connectivity index (χ3v) is 3.39. The van der Waals surface area contributed by atoms with Gasteiger partial charge in [0.05, 0.1) is 12.6 Å². The van der Waals surface area contributed by atoms with Crippen molar-refractivity contribution in [3.8, 4) is 0 Å². The van der Waals surface area contributed by atoms with Gasteiger partial charge in [-0.2, -0.15) is 10.1 Å². The Morgan fingerprint density at radius 3 is 3.05 bits per heavy atom. The van der Waals surface area contributed by atoms with Crippen molar-refractivity contribution in [3.05, 3.63) is 24.4 Å². The number of anilines is 2. The molecule has 0 aliphatic carbocycles. The molecule has 100 valence electrons. The summed E-state index contributed by atoms with van der Waals surface area (Å²) in [5.74, 6) is 1.24. The Balaban J connectivity index is 1.82.